The summed E-state index contributed by atoms with van der Waals surface area (Å²) < 4.78 is 51.9. The molecule has 0 aromatic carbocycles. The molecule has 0 rings (SSSR count). The summed E-state index contributed by atoms with van der Waals surface area (Å²) in [5, 5.41) is 0. The number of halogens is 4. The maximum Gasteiger partial charge on any atom is 0.264 e. The zero-order valence-electron chi connectivity index (χ0n) is 7.64. The molecule has 0 bridgehead atoms. The highest BCUT2D eigenvalue weighted by Gasteiger charge is 2.23. The standard InChI is InChI=1S/C8H14F4O/c1-5(2)3-6(8(11)12)13-4-7(9)10/h5-8H,3-4H2,1-2H3/t6-/m0/s1. The Morgan fingerprint density at radius 2 is 1.62 bits per heavy atom. The lowest BCUT2D eigenvalue weighted by Gasteiger charge is -2.18. The van der Waals surface area contributed by atoms with Crippen molar-refractivity contribution >= 4 is 0 Å². The molecule has 0 unspecified atom stereocenters. The molecule has 0 amide bonds. The topological polar surface area (TPSA) is 9.23 Å². The molecular formula is C8H14F4O. The van der Waals surface area contributed by atoms with E-state index in [9.17, 15) is 17.6 Å². The maximum absolute atomic E-state index is 12.1. The van der Waals surface area contributed by atoms with Gasteiger partial charge in [-0.25, -0.2) is 17.6 Å². The summed E-state index contributed by atoms with van der Waals surface area (Å²) in [5.74, 6) is 0.0108. The molecule has 1 atom stereocenters. The number of hydrogen-bond donors (Lipinski definition) is 0. The Hall–Kier alpha value is -0.320. The third-order valence-electron chi connectivity index (χ3n) is 1.42. The normalized spacial score (nSPS) is 14.5. The first-order chi connectivity index (χ1) is 5.93. The molecule has 13 heavy (non-hydrogen) atoms. The molecule has 5 heteroatoms. The Balaban J connectivity index is 3.81. The average Bonchev–Trinajstić information content (AvgIpc) is 1.96. The predicted octanol–water partition coefficient (Wildman–Crippen LogP) is 2.95. The van der Waals surface area contributed by atoms with E-state index < -0.39 is 25.6 Å². The van der Waals surface area contributed by atoms with Crippen LogP contribution in [-0.2, 0) is 4.74 Å². The Labute approximate surface area is 75.1 Å². The third-order valence-corrected chi connectivity index (χ3v) is 1.42. The summed E-state index contributed by atoms with van der Waals surface area (Å²) in [6.45, 7) is 2.56. The van der Waals surface area contributed by atoms with Gasteiger partial charge in [0.15, 0.2) is 0 Å². The summed E-state index contributed by atoms with van der Waals surface area (Å²) in [6, 6.07) is 0. The van der Waals surface area contributed by atoms with E-state index in [2.05, 4.69) is 4.74 Å². The molecule has 0 saturated heterocycles. The average molecular weight is 202 g/mol. The molecule has 0 aliphatic rings. The van der Waals surface area contributed by atoms with E-state index in [0.717, 1.165) is 0 Å². The van der Waals surface area contributed by atoms with Crippen LogP contribution in [0.2, 0.25) is 0 Å². The highest BCUT2D eigenvalue weighted by molar-refractivity contribution is 4.63. The highest BCUT2D eigenvalue weighted by atomic mass is 19.3. The van der Waals surface area contributed by atoms with Gasteiger partial charge >= 0.3 is 0 Å². The van der Waals surface area contributed by atoms with Gasteiger partial charge in [-0.2, -0.15) is 0 Å². The highest BCUT2D eigenvalue weighted by Crippen LogP contribution is 2.16. The van der Waals surface area contributed by atoms with E-state index in [1.807, 2.05) is 0 Å². The van der Waals surface area contributed by atoms with Gasteiger partial charge in [0.05, 0.1) is 0 Å². The number of hydrogen-bond acceptors (Lipinski definition) is 1. The maximum atomic E-state index is 12.1. The second-order valence-corrected chi connectivity index (χ2v) is 3.23. The molecule has 0 saturated carbocycles. The largest absolute Gasteiger partial charge is 0.366 e. The fourth-order valence-electron chi connectivity index (χ4n) is 0.905. The summed E-state index contributed by atoms with van der Waals surface area (Å²) in [4.78, 5) is 0. The first-order valence-electron chi connectivity index (χ1n) is 4.11. The Morgan fingerprint density at radius 1 is 1.08 bits per heavy atom. The summed E-state index contributed by atoms with van der Waals surface area (Å²) in [7, 11) is 0. The number of rotatable bonds is 6. The van der Waals surface area contributed by atoms with Crippen LogP contribution in [-0.4, -0.2) is 25.6 Å². The summed E-state index contributed by atoms with van der Waals surface area (Å²) in [6.07, 6.45) is -6.65. The molecule has 80 valence electrons. The third kappa shape index (κ3) is 6.81. The van der Waals surface area contributed by atoms with Gasteiger partial charge in [-0.3, -0.25) is 0 Å². The van der Waals surface area contributed by atoms with Crippen molar-refractivity contribution in [3.05, 3.63) is 0 Å². The molecule has 0 heterocycles. The van der Waals surface area contributed by atoms with Crippen molar-refractivity contribution in [1.82, 2.24) is 0 Å². The van der Waals surface area contributed by atoms with Gasteiger partial charge in [0, 0.05) is 0 Å². The Bertz CT molecular complexity index is 127. The van der Waals surface area contributed by atoms with Crippen LogP contribution in [0.5, 0.6) is 0 Å². The quantitative estimate of drug-likeness (QED) is 0.602. The van der Waals surface area contributed by atoms with E-state index in [-0.39, 0.29) is 12.3 Å². The van der Waals surface area contributed by atoms with Crippen LogP contribution in [0, 0.1) is 5.92 Å². The molecule has 0 spiro atoms. The van der Waals surface area contributed by atoms with Crippen LogP contribution in [0.15, 0.2) is 0 Å². The van der Waals surface area contributed by atoms with Crippen LogP contribution in [0.4, 0.5) is 17.6 Å². The molecule has 0 aliphatic carbocycles. The summed E-state index contributed by atoms with van der Waals surface area (Å²) >= 11 is 0. The number of alkyl halides is 4. The van der Waals surface area contributed by atoms with E-state index in [4.69, 9.17) is 0 Å². The minimum absolute atomic E-state index is 0.0108. The lowest BCUT2D eigenvalue weighted by atomic mass is 10.1. The lowest BCUT2D eigenvalue weighted by Crippen LogP contribution is -2.26. The minimum atomic E-state index is -2.69. The Kier molecular flexibility index (Phi) is 6.03. The first kappa shape index (κ1) is 12.7. The smallest absolute Gasteiger partial charge is 0.264 e. The molecule has 0 aliphatic heterocycles. The van der Waals surface area contributed by atoms with Gasteiger partial charge in [-0.1, -0.05) is 13.8 Å². The van der Waals surface area contributed by atoms with Crippen LogP contribution >= 0.6 is 0 Å². The molecular weight excluding hydrogens is 188 g/mol. The summed E-state index contributed by atoms with van der Waals surface area (Å²) in [5.41, 5.74) is 0. The minimum Gasteiger partial charge on any atom is -0.366 e. The predicted molar refractivity (Wildman–Crippen MR) is 41.2 cm³/mol. The molecule has 0 aromatic heterocycles. The molecule has 0 fully saturated rings. The fraction of sp³-hybridized carbons (Fsp3) is 1.00. The van der Waals surface area contributed by atoms with Crippen LogP contribution in [0.25, 0.3) is 0 Å². The van der Waals surface area contributed by atoms with Crippen molar-refractivity contribution in [1.29, 1.82) is 0 Å². The molecule has 1 nitrogen and oxygen atoms in total. The van der Waals surface area contributed by atoms with Crippen LogP contribution in [0.3, 0.4) is 0 Å². The second-order valence-electron chi connectivity index (χ2n) is 3.23. The van der Waals surface area contributed by atoms with Crippen molar-refractivity contribution < 1.29 is 22.3 Å². The van der Waals surface area contributed by atoms with Crippen molar-refractivity contribution in [3.8, 4) is 0 Å². The van der Waals surface area contributed by atoms with Gasteiger partial charge in [0.2, 0.25) is 0 Å². The monoisotopic (exact) mass is 202 g/mol. The Morgan fingerprint density at radius 3 is 1.92 bits per heavy atom. The van der Waals surface area contributed by atoms with Crippen LogP contribution in [0.1, 0.15) is 20.3 Å². The van der Waals surface area contributed by atoms with Crippen molar-refractivity contribution in [2.24, 2.45) is 5.92 Å². The van der Waals surface area contributed by atoms with Crippen molar-refractivity contribution in [2.75, 3.05) is 6.61 Å². The van der Waals surface area contributed by atoms with Crippen molar-refractivity contribution in [2.45, 2.75) is 39.2 Å². The SMILES string of the molecule is CC(C)C[C@H](OCC(F)F)C(F)F. The van der Waals surface area contributed by atoms with Gasteiger partial charge in [-0.15, -0.1) is 0 Å². The molecule has 0 radical (unpaired) electrons. The second kappa shape index (κ2) is 6.18. The van der Waals surface area contributed by atoms with Gasteiger partial charge < -0.3 is 4.74 Å². The van der Waals surface area contributed by atoms with Gasteiger partial charge in [0.1, 0.15) is 12.7 Å². The van der Waals surface area contributed by atoms with Crippen LogP contribution < -0.4 is 0 Å². The zero-order valence-corrected chi connectivity index (χ0v) is 7.64. The van der Waals surface area contributed by atoms with E-state index >= 15 is 0 Å². The molecule has 0 N–H and O–H groups in total. The lowest BCUT2D eigenvalue weighted by molar-refractivity contribution is -0.0945. The number of ether oxygens (including phenoxy) is 1. The van der Waals surface area contributed by atoms with E-state index in [0.29, 0.717) is 0 Å². The van der Waals surface area contributed by atoms with Gasteiger partial charge in [-0.05, 0) is 12.3 Å². The first-order valence-corrected chi connectivity index (χ1v) is 4.11. The van der Waals surface area contributed by atoms with Crippen molar-refractivity contribution in [3.63, 3.8) is 0 Å². The van der Waals surface area contributed by atoms with E-state index in [1.165, 1.54) is 0 Å². The zero-order chi connectivity index (χ0) is 10.4. The molecule has 0 aromatic rings. The fourth-order valence-corrected chi connectivity index (χ4v) is 0.905. The van der Waals surface area contributed by atoms with E-state index in [1.54, 1.807) is 13.8 Å². The van der Waals surface area contributed by atoms with Gasteiger partial charge in [0.25, 0.3) is 12.9 Å².